The summed E-state index contributed by atoms with van der Waals surface area (Å²) in [7, 11) is 0. The van der Waals surface area contributed by atoms with E-state index in [1.54, 1.807) is 24.3 Å². The zero-order chi connectivity index (χ0) is 23.0. The molecule has 0 unspecified atom stereocenters. The number of aliphatic hydroxyl groups is 5. The fraction of sp³-hybridized carbons (Fsp3) is 0.348. The number of nitrogens with one attached hydrogen (secondary N) is 1. The molecule has 1 fully saturated rings. The smallest absolute Gasteiger partial charge is 0.288 e. The zero-order valence-corrected chi connectivity index (χ0v) is 17.3. The third-order valence-corrected chi connectivity index (χ3v) is 5.78. The second-order valence-corrected chi connectivity index (χ2v) is 7.76. The third kappa shape index (κ3) is 3.69. The molecule has 3 aromatic rings. The summed E-state index contributed by atoms with van der Waals surface area (Å²) in [5.74, 6) is -3.06. The van der Waals surface area contributed by atoms with Crippen LogP contribution < -0.4 is 4.74 Å². The summed E-state index contributed by atoms with van der Waals surface area (Å²) in [4.78, 5) is 16.2. The molecule has 9 nitrogen and oxygen atoms in total. The van der Waals surface area contributed by atoms with Crippen LogP contribution in [0.1, 0.15) is 28.4 Å². The molecule has 9 heteroatoms. The van der Waals surface area contributed by atoms with E-state index in [1.165, 1.54) is 12.3 Å². The van der Waals surface area contributed by atoms with E-state index in [-0.39, 0.29) is 17.1 Å². The Hall–Kier alpha value is -2.79. The van der Waals surface area contributed by atoms with Crippen LogP contribution >= 0.6 is 0 Å². The van der Waals surface area contributed by atoms with Gasteiger partial charge < -0.3 is 40.0 Å². The lowest BCUT2D eigenvalue weighted by Crippen LogP contribution is -2.69. The number of aliphatic hydroxyl groups excluding tert-OH is 4. The van der Waals surface area contributed by atoms with E-state index < -0.39 is 37.0 Å². The molecule has 0 amide bonds. The summed E-state index contributed by atoms with van der Waals surface area (Å²) < 4.78 is 10.6. The van der Waals surface area contributed by atoms with Crippen LogP contribution in [0.5, 0.6) is 5.75 Å². The number of aryl methyl sites for hydroxylation is 1. The van der Waals surface area contributed by atoms with Gasteiger partial charge in [-0.25, -0.2) is 0 Å². The normalized spacial score (nSPS) is 28.1. The first-order chi connectivity index (χ1) is 15.3. The van der Waals surface area contributed by atoms with Crippen LogP contribution in [0.2, 0.25) is 0 Å². The summed E-state index contributed by atoms with van der Waals surface area (Å²) in [6.07, 6.45) is -4.76. The minimum Gasteiger partial charge on any atom is -0.454 e. The van der Waals surface area contributed by atoms with Gasteiger partial charge in [-0.15, -0.1) is 0 Å². The number of ether oxygens (including phenoxy) is 2. The van der Waals surface area contributed by atoms with E-state index in [4.69, 9.17) is 9.47 Å². The second kappa shape index (κ2) is 8.62. The molecule has 0 aliphatic carbocycles. The largest absolute Gasteiger partial charge is 0.454 e. The highest BCUT2D eigenvalue weighted by molar-refractivity contribution is 6.17. The first-order valence-electron chi connectivity index (χ1n) is 10.3. The van der Waals surface area contributed by atoms with Crippen molar-refractivity contribution in [1.82, 2.24) is 4.98 Å². The summed E-state index contributed by atoms with van der Waals surface area (Å²) in [6, 6.07) is 11.9. The summed E-state index contributed by atoms with van der Waals surface area (Å²) >= 11 is 0. The molecule has 1 aliphatic rings. The maximum Gasteiger partial charge on any atom is 0.288 e. The van der Waals surface area contributed by atoms with Gasteiger partial charge >= 0.3 is 0 Å². The molecular weight excluding hydrogens is 418 g/mol. The predicted octanol–water partition coefficient (Wildman–Crippen LogP) is 0.460. The minimum atomic E-state index is -2.75. The fourth-order valence-electron chi connectivity index (χ4n) is 3.84. The highest BCUT2D eigenvalue weighted by atomic mass is 16.7. The van der Waals surface area contributed by atoms with Gasteiger partial charge in [0.1, 0.15) is 18.0 Å². The van der Waals surface area contributed by atoms with Crippen LogP contribution in [0.3, 0.4) is 0 Å². The van der Waals surface area contributed by atoms with E-state index in [2.05, 4.69) is 4.98 Å². The SMILES string of the molecule is CCc1ccc(C(=O)c2c[nH]c3cccc(O[C@]4(O)[C@@H](O)O[C@H](CO)[C@@H](O)[C@@H]4O)c23)cc1. The number of carbonyl (C=O) groups excluding carboxylic acids is 1. The number of H-pyrrole nitrogens is 1. The number of benzene rings is 2. The molecule has 2 aromatic carbocycles. The fourth-order valence-corrected chi connectivity index (χ4v) is 3.84. The highest BCUT2D eigenvalue weighted by Crippen LogP contribution is 2.36. The molecule has 0 bridgehead atoms. The lowest BCUT2D eigenvalue weighted by atomic mass is 9.95. The zero-order valence-electron chi connectivity index (χ0n) is 17.3. The third-order valence-electron chi connectivity index (χ3n) is 5.78. The van der Waals surface area contributed by atoms with Crippen LogP contribution in [0.15, 0.2) is 48.7 Å². The first-order valence-corrected chi connectivity index (χ1v) is 10.3. The Morgan fingerprint density at radius 3 is 2.53 bits per heavy atom. The van der Waals surface area contributed by atoms with E-state index in [9.17, 15) is 30.3 Å². The average molecular weight is 443 g/mol. The van der Waals surface area contributed by atoms with Crippen molar-refractivity contribution in [1.29, 1.82) is 0 Å². The Balaban J connectivity index is 1.73. The van der Waals surface area contributed by atoms with Crippen molar-refractivity contribution < 1.29 is 39.8 Å². The van der Waals surface area contributed by atoms with Crippen molar-refractivity contribution in [2.45, 2.75) is 43.7 Å². The van der Waals surface area contributed by atoms with E-state index in [0.29, 0.717) is 16.5 Å². The van der Waals surface area contributed by atoms with Crippen molar-refractivity contribution in [2.24, 2.45) is 0 Å². The molecule has 32 heavy (non-hydrogen) atoms. The predicted molar refractivity (Wildman–Crippen MR) is 113 cm³/mol. The van der Waals surface area contributed by atoms with Crippen molar-refractivity contribution >= 4 is 16.7 Å². The van der Waals surface area contributed by atoms with Crippen LogP contribution in [0, 0.1) is 0 Å². The molecule has 5 atom stereocenters. The van der Waals surface area contributed by atoms with E-state index >= 15 is 0 Å². The van der Waals surface area contributed by atoms with Gasteiger partial charge in [0, 0.05) is 17.3 Å². The molecule has 1 saturated heterocycles. The highest BCUT2D eigenvalue weighted by Gasteiger charge is 2.57. The Morgan fingerprint density at radius 1 is 1.16 bits per heavy atom. The Bertz CT molecular complexity index is 1110. The Kier molecular flexibility index (Phi) is 6.04. The topological polar surface area (TPSA) is 152 Å². The lowest BCUT2D eigenvalue weighted by molar-refractivity contribution is -0.385. The van der Waals surface area contributed by atoms with Gasteiger partial charge in [0.25, 0.3) is 5.79 Å². The number of ketones is 1. The van der Waals surface area contributed by atoms with Crippen molar-refractivity contribution in [2.75, 3.05) is 6.61 Å². The van der Waals surface area contributed by atoms with Crippen LogP contribution in [-0.2, 0) is 11.2 Å². The molecule has 170 valence electrons. The monoisotopic (exact) mass is 443 g/mol. The molecule has 4 rings (SSSR count). The maximum atomic E-state index is 13.2. The van der Waals surface area contributed by atoms with Crippen LogP contribution in [0.25, 0.3) is 10.9 Å². The molecule has 1 aromatic heterocycles. The molecule has 6 N–H and O–H groups in total. The molecule has 0 spiro atoms. The summed E-state index contributed by atoms with van der Waals surface area (Å²) in [5, 5.41) is 51.2. The summed E-state index contributed by atoms with van der Waals surface area (Å²) in [6.45, 7) is 1.33. The standard InChI is InChI=1S/C23H25NO8/c1-2-12-6-8-13(9-7-12)19(26)14-10-24-15-4-3-5-16(18(14)15)32-23(30)21(28)20(27)17(11-25)31-22(23)29/h3-10,17,20-22,24-25,27-30H,2,11H2,1H3/t17-,20-,21+,22+,23+/m1/s1. The van der Waals surface area contributed by atoms with Crippen LogP contribution in [-0.4, -0.2) is 73.3 Å². The number of hydrogen-bond donors (Lipinski definition) is 6. The van der Waals surface area contributed by atoms with Crippen molar-refractivity contribution in [3.05, 3.63) is 65.4 Å². The van der Waals surface area contributed by atoms with Gasteiger partial charge in [-0.05, 0) is 24.1 Å². The van der Waals surface area contributed by atoms with Crippen molar-refractivity contribution in [3.8, 4) is 5.75 Å². The van der Waals surface area contributed by atoms with Crippen molar-refractivity contribution in [3.63, 3.8) is 0 Å². The number of aromatic amines is 1. The summed E-state index contributed by atoms with van der Waals surface area (Å²) in [5.41, 5.74) is 2.33. The second-order valence-electron chi connectivity index (χ2n) is 7.76. The average Bonchev–Trinajstić information content (AvgIpc) is 3.25. The van der Waals surface area contributed by atoms with Crippen LogP contribution in [0.4, 0.5) is 0 Å². The van der Waals surface area contributed by atoms with Gasteiger partial charge in [-0.3, -0.25) is 4.79 Å². The Morgan fingerprint density at radius 2 is 1.88 bits per heavy atom. The van der Waals surface area contributed by atoms with Gasteiger partial charge in [-0.2, -0.15) is 0 Å². The van der Waals surface area contributed by atoms with Gasteiger partial charge in [-0.1, -0.05) is 37.3 Å². The molecule has 0 saturated carbocycles. The maximum absolute atomic E-state index is 13.2. The van der Waals surface area contributed by atoms with Gasteiger partial charge in [0.05, 0.1) is 17.6 Å². The number of carbonyl (C=O) groups is 1. The molecule has 0 radical (unpaired) electrons. The number of aromatic nitrogens is 1. The molecule has 1 aliphatic heterocycles. The minimum absolute atomic E-state index is 0.0175. The van der Waals surface area contributed by atoms with E-state index in [1.807, 2.05) is 19.1 Å². The lowest BCUT2D eigenvalue weighted by Gasteiger charge is -2.45. The number of fused-ring (bicyclic) bond motifs is 1. The number of hydrogen-bond acceptors (Lipinski definition) is 8. The van der Waals surface area contributed by atoms with Gasteiger partial charge in [0.2, 0.25) is 6.29 Å². The quantitative estimate of drug-likeness (QED) is 0.237. The van der Waals surface area contributed by atoms with E-state index in [0.717, 1.165) is 12.0 Å². The Labute approximate surface area is 183 Å². The molecule has 2 heterocycles. The molecular formula is C23H25NO8. The number of rotatable bonds is 6. The first kappa shape index (κ1) is 22.4. The van der Waals surface area contributed by atoms with Gasteiger partial charge in [0.15, 0.2) is 11.9 Å².